The van der Waals surface area contributed by atoms with Gasteiger partial charge in [-0.2, -0.15) is 0 Å². The van der Waals surface area contributed by atoms with Crippen molar-refractivity contribution < 1.29 is 19.1 Å². The van der Waals surface area contributed by atoms with Crippen LogP contribution in [0.15, 0.2) is 71.2 Å². The maximum atomic E-state index is 12.6. The average molecular weight is 591 g/mol. The Balaban J connectivity index is 1.27. The Labute approximate surface area is 226 Å². The molecule has 10 heteroatoms. The van der Waals surface area contributed by atoms with Crippen LogP contribution < -0.4 is 20.3 Å². The lowest BCUT2D eigenvalue weighted by Crippen LogP contribution is -2.32. The van der Waals surface area contributed by atoms with E-state index in [1.165, 1.54) is 0 Å². The molecule has 1 saturated heterocycles. The van der Waals surface area contributed by atoms with Gasteiger partial charge in [0.2, 0.25) is 11.8 Å². The fourth-order valence-corrected chi connectivity index (χ4v) is 4.56. The summed E-state index contributed by atoms with van der Waals surface area (Å²) in [6.45, 7) is 0.459. The number of hydrogen-bond acceptors (Lipinski definition) is 4. The topological polar surface area (TPSA) is 87.7 Å². The number of rotatable bonds is 8. The van der Waals surface area contributed by atoms with Crippen LogP contribution in [0.5, 0.6) is 5.75 Å². The van der Waals surface area contributed by atoms with E-state index in [9.17, 15) is 14.4 Å². The van der Waals surface area contributed by atoms with Gasteiger partial charge in [-0.3, -0.25) is 14.4 Å². The van der Waals surface area contributed by atoms with E-state index in [-0.39, 0.29) is 30.7 Å². The summed E-state index contributed by atoms with van der Waals surface area (Å²) in [4.78, 5) is 38.9. The standard InChI is InChI=1S/C26H22BrCl2N3O4/c27-18-3-10-23(22(29)12-18)31-24(33)15-36-21-8-6-20(7-9-21)32-14-17(11-25(32)34)26(35)30-13-16-1-4-19(28)5-2-16/h1-10,12,17H,11,13-15H2,(H,30,35)(H,31,33)/t17-/m1/s1. The number of benzene rings is 3. The SMILES string of the molecule is O=C(COc1ccc(N2C[C@H](C(=O)NCc3ccc(Cl)cc3)CC2=O)cc1)Nc1ccc(Br)cc1Cl. The molecular weight excluding hydrogens is 569 g/mol. The zero-order chi connectivity index (χ0) is 25.7. The normalized spacial score (nSPS) is 15.0. The molecule has 3 aromatic rings. The Hall–Kier alpha value is -3.07. The van der Waals surface area contributed by atoms with E-state index in [0.29, 0.717) is 40.3 Å². The number of halogens is 3. The van der Waals surface area contributed by atoms with E-state index in [2.05, 4.69) is 26.6 Å². The predicted molar refractivity (Wildman–Crippen MR) is 143 cm³/mol. The van der Waals surface area contributed by atoms with Crippen molar-refractivity contribution in [1.29, 1.82) is 0 Å². The molecule has 3 amide bonds. The molecular formula is C26H22BrCl2N3O4. The van der Waals surface area contributed by atoms with Crippen LogP contribution in [0, 0.1) is 5.92 Å². The van der Waals surface area contributed by atoms with Gasteiger partial charge in [0.1, 0.15) is 5.75 Å². The van der Waals surface area contributed by atoms with Gasteiger partial charge < -0.3 is 20.3 Å². The highest BCUT2D eigenvalue weighted by Gasteiger charge is 2.35. The van der Waals surface area contributed by atoms with Gasteiger partial charge in [0.15, 0.2) is 6.61 Å². The van der Waals surface area contributed by atoms with Crippen molar-refractivity contribution in [3.05, 3.63) is 86.8 Å². The van der Waals surface area contributed by atoms with Crippen molar-refractivity contribution in [2.24, 2.45) is 5.92 Å². The quantitative estimate of drug-likeness (QED) is 0.365. The third kappa shape index (κ3) is 6.78. The van der Waals surface area contributed by atoms with Crippen LogP contribution in [-0.4, -0.2) is 30.9 Å². The van der Waals surface area contributed by atoms with E-state index < -0.39 is 5.92 Å². The number of ether oxygens (including phenoxy) is 1. The first-order chi connectivity index (χ1) is 17.3. The minimum Gasteiger partial charge on any atom is -0.484 e. The van der Waals surface area contributed by atoms with E-state index in [4.69, 9.17) is 27.9 Å². The molecule has 3 aromatic carbocycles. The predicted octanol–water partition coefficient (Wildman–Crippen LogP) is 5.44. The molecule has 2 N–H and O–H groups in total. The van der Waals surface area contributed by atoms with Gasteiger partial charge in [0, 0.05) is 34.7 Å². The number of nitrogens with one attached hydrogen (secondary N) is 2. The van der Waals surface area contributed by atoms with E-state index >= 15 is 0 Å². The molecule has 0 unspecified atom stereocenters. The number of carbonyl (C=O) groups is 3. The second-order valence-electron chi connectivity index (χ2n) is 8.20. The van der Waals surface area contributed by atoms with Crippen molar-refractivity contribution in [3.63, 3.8) is 0 Å². The average Bonchev–Trinajstić information content (AvgIpc) is 3.26. The first-order valence-corrected chi connectivity index (χ1v) is 12.6. The maximum absolute atomic E-state index is 12.6. The number of nitrogens with zero attached hydrogens (tertiary/aromatic N) is 1. The summed E-state index contributed by atoms with van der Waals surface area (Å²) in [5, 5.41) is 6.62. The van der Waals surface area contributed by atoms with Gasteiger partial charge in [-0.25, -0.2) is 0 Å². The Bertz CT molecular complexity index is 1270. The molecule has 36 heavy (non-hydrogen) atoms. The highest BCUT2D eigenvalue weighted by atomic mass is 79.9. The van der Waals surface area contributed by atoms with E-state index in [1.807, 2.05) is 12.1 Å². The van der Waals surface area contributed by atoms with Crippen molar-refractivity contribution in [1.82, 2.24) is 5.32 Å². The lowest BCUT2D eigenvalue weighted by atomic mass is 10.1. The summed E-state index contributed by atoms with van der Waals surface area (Å²) < 4.78 is 6.36. The van der Waals surface area contributed by atoms with Crippen LogP contribution in [0.2, 0.25) is 10.0 Å². The highest BCUT2D eigenvalue weighted by molar-refractivity contribution is 9.10. The maximum Gasteiger partial charge on any atom is 0.262 e. The second kappa shape index (κ2) is 11.8. The van der Waals surface area contributed by atoms with Crippen molar-refractivity contribution >= 4 is 68.2 Å². The Morgan fingerprint density at radius 2 is 1.75 bits per heavy atom. The molecule has 4 rings (SSSR count). The number of carbonyl (C=O) groups excluding carboxylic acids is 3. The smallest absolute Gasteiger partial charge is 0.262 e. The monoisotopic (exact) mass is 589 g/mol. The largest absolute Gasteiger partial charge is 0.484 e. The second-order valence-corrected chi connectivity index (χ2v) is 9.96. The van der Waals surface area contributed by atoms with E-state index in [1.54, 1.807) is 59.5 Å². The molecule has 0 spiro atoms. The van der Waals surface area contributed by atoms with Gasteiger partial charge in [0.05, 0.1) is 16.6 Å². The zero-order valence-corrected chi connectivity index (χ0v) is 22.1. The Morgan fingerprint density at radius 1 is 1.03 bits per heavy atom. The molecule has 0 aromatic heterocycles. The van der Waals surface area contributed by atoms with Gasteiger partial charge in [-0.1, -0.05) is 51.3 Å². The molecule has 0 saturated carbocycles. The molecule has 1 fully saturated rings. The van der Waals surface area contributed by atoms with Crippen LogP contribution in [0.3, 0.4) is 0 Å². The first-order valence-electron chi connectivity index (χ1n) is 11.1. The fraction of sp³-hybridized carbons (Fsp3) is 0.192. The third-order valence-electron chi connectivity index (χ3n) is 5.60. The number of hydrogen-bond donors (Lipinski definition) is 2. The summed E-state index contributed by atoms with van der Waals surface area (Å²) >= 11 is 15.3. The summed E-state index contributed by atoms with van der Waals surface area (Å²) in [5.74, 6) is -0.612. The zero-order valence-electron chi connectivity index (χ0n) is 19.0. The van der Waals surface area contributed by atoms with Crippen LogP contribution in [-0.2, 0) is 20.9 Å². The van der Waals surface area contributed by atoms with Crippen molar-refractivity contribution in [2.75, 3.05) is 23.4 Å². The minimum absolute atomic E-state index is 0.124. The molecule has 186 valence electrons. The number of anilines is 2. The minimum atomic E-state index is -0.435. The third-order valence-corrected chi connectivity index (χ3v) is 6.66. The molecule has 0 radical (unpaired) electrons. The first kappa shape index (κ1) is 26.0. The lowest BCUT2D eigenvalue weighted by molar-refractivity contribution is -0.126. The summed E-state index contributed by atoms with van der Waals surface area (Å²) in [6, 6.07) is 19.2. The molecule has 1 aliphatic rings. The fourth-order valence-electron chi connectivity index (χ4n) is 3.72. The molecule has 7 nitrogen and oxygen atoms in total. The summed E-state index contributed by atoms with van der Waals surface area (Å²) in [6.07, 6.45) is 0.142. The van der Waals surface area contributed by atoms with Gasteiger partial charge in [-0.05, 0) is 60.2 Å². The number of amides is 3. The molecule has 1 heterocycles. The molecule has 0 bridgehead atoms. The molecule has 1 aliphatic heterocycles. The highest BCUT2D eigenvalue weighted by Crippen LogP contribution is 2.28. The van der Waals surface area contributed by atoms with E-state index in [0.717, 1.165) is 10.0 Å². The summed E-state index contributed by atoms with van der Waals surface area (Å²) in [7, 11) is 0. The molecule has 0 aliphatic carbocycles. The molecule has 1 atom stereocenters. The Kier molecular flexibility index (Phi) is 8.51. The van der Waals surface area contributed by atoms with Gasteiger partial charge in [-0.15, -0.1) is 0 Å². The van der Waals surface area contributed by atoms with Gasteiger partial charge in [0.25, 0.3) is 5.91 Å². The van der Waals surface area contributed by atoms with Crippen LogP contribution >= 0.6 is 39.1 Å². The lowest BCUT2D eigenvalue weighted by Gasteiger charge is -2.17. The Morgan fingerprint density at radius 3 is 2.44 bits per heavy atom. The summed E-state index contributed by atoms with van der Waals surface area (Å²) in [5.41, 5.74) is 2.08. The van der Waals surface area contributed by atoms with Crippen LogP contribution in [0.1, 0.15) is 12.0 Å². The van der Waals surface area contributed by atoms with Crippen molar-refractivity contribution in [2.45, 2.75) is 13.0 Å². The van der Waals surface area contributed by atoms with Gasteiger partial charge >= 0.3 is 0 Å². The van der Waals surface area contributed by atoms with Crippen LogP contribution in [0.25, 0.3) is 0 Å². The van der Waals surface area contributed by atoms with Crippen LogP contribution in [0.4, 0.5) is 11.4 Å². The van der Waals surface area contributed by atoms with Crippen molar-refractivity contribution in [3.8, 4) is 5.75 Å².